The van der Waals surface area contributed by atoms with E-state index in [0.29, 0.717) is 39.4 Å². The fourth-order valence-electron chi connectivity index (χ4n) is 3.64. The number of aromatic nitrogens is 2. The number of nitrogens with one attached hydrogen (secondary N) is 3. The third-order valence-corrected chi connectivity index (χ3v) is 7.41. The molecule has 1 aromatic carbocycles. The number of H-pyrrole nitrogens is 1. The molecule has 0 saturated carbocycles. The molecule has 2 aliphatic rings. The average Bonchev–Trinajstić information content (AvgIpc) is 3.06. The van der Waals surface area contributed by atoms with Crippen LogP contribution in [-0.4, -0.2) is 31.6 Å². The van der Waals surface area contributed by atoms with E-state index in [2.05, 4.69) is 20.6 Å². The van der Waals surface area contributed by atoms with Crippen LogP contribution in [0.15, 0.2) is 36.7 Å². The van der Waals surface area contributed by atoms with Crippen molar-refractivity contribution in [3.05, 3.63) is 53.7 Å². The number of ether oxygens (including phenoxy) is 2. The van der Waals surface area contributed by atoms with Crippen molar-refractivity contribution >= 4 is 17.3 Å². The zero-order chi connectivity index (χ0) is 20.0. The second kappa shape index (κ2) is 7.21. The first-order valence-electron chi connectivity index (χ1n) is 8.96. The van der Waals surface area contributed by atoms with Gasteiger partial charge in [0.25, 0.3) is 0 Å². The number of pyridine rings is 1. The number of anilines is 2. The van der Waals surface area contributed by atoms with E-state index in [1.807, 2.05) is 6.07 Å². The van der Waals surface area contributed by atoms with Crippen molar-refractivity contribution in [2.75, 3.05) is 17.0 Å². The van der Waals surface area contributed by atoms with E-state index in [9.17, 15) is 9.18 Å². The van der Waals surface area contributed by atoms with Crippen molar-refractivity contribution in [3.8, 4) is 22.8 Å². The number of methoxy groups -OCH3 is 1. The second-order valence-corrected chi connectivity index (χ2v) is 9.61. The Labute approximate surface area is 176 Å². The van der Waals surface area contributed by atoms with Gasteiger partial charge in [-0.1, -0.05) is 0 Å². The van der Waals surface area contributed by atoms with Crippen LogP contribution in [0.5, 0.6) is 11.5 Å². The summed E-state index contributed by atoms with van der Waals surface area (Å²) in [5, 5.41) is 6.32. The molecule has 0 unspecified atom stereocenters. The number of carbonyl (C=O) groups excluding carboxylic acids is 1. The molecule has 1 atom stereocenters. The van der Waals surface area contributed by atoms with E-state index in [-0.39, 0.29) is 15.7 Å². The van der Waals surface area contributed by atoms with E-state index in [1.165, 1.54) is 13.2 Å². The topological polar surface area (TPSA) is 88.3 Å². The summed E-state index contributed by atoms with van der Waals surface area (Å²) in [7, 11) is 1.41. The zero-order valence-electron chi connectivity index (χ0n) is 15.4. The predicted molar refractivity (Wildman–Crippen MR) is 101 cm³/mol. The number of carbonyl (C=O) groups is 1. The van der Waals surface area contributed by atoms with Gasteiger partial charge in [-0.2, -0.15) is 0 Å². The van der Waals surface area contributed by atoms with Crippen molar-refractivity contribution < 1.29 is 39.9 Å². The Kier molecular flexibility index (Phi) is 4.53. The average molecular weight is 507 g/mol. The minimum absolute atomic E-state index is 0.0869. The Hall–Kier alpha value is -2.82. The fourth-order valence-corrected chi connectivity index (χ4v) is 5.84. The van der Waals surface area contributed by atoms with Gasteiger partial charge in [-0.05, 0) is 0 Å². The molecular formula is C20H17FIN4O3-. The van der Waals surface area contributed by atoms with Crippen LogP contribution < -0.4 is 41.3 Å². The first-order chi connectivity index (χ1) is 14.2. The van der Waals surface area contributed by atoms with Crippen LogP contribution in [0.25, 0.3) is 11.3 Å². The van der Waals surface area contributed by atoms with E-state index in [4.69, 9.17) is 9.47 Å². The molecule has 0 fully saturated rings. The van der Waals surface area contributed by atoms with Gasteiger partial charge in [0.2, 0.25) is 0 Å². The standard InChI is InChI=1S/C20H17FIN4O3/c1-28-19-11(21)3-2-4-12(19)24-18-16-13-7-15(26-20(16)27)22-9-29-14-8-23-6-5-10(14)17(18)25-13/h2-6,8,15,24-25H,7,9H2,1H3,(H,26,27)/q-1/t15-/m0/s1. The van der Waals surface area contributed by atoms with Gasteiger partial charge in [0, 0.05) is 0 Å². The summed E-state index contributed by atoms with van der Waals surface area (Å²) in [6, 6.07) is 6.47. The molecular weight excluding hydrogens is 490 g/mol. The molecule has 5 rings (SSSR count). The molecule has 4 heterocycles. The number of para-hydroxylation sites is 1. The molecule has 2 aliphatic heterocycles. The van der Waals surface area contributed by atoms with Gasteiger partial charge in [0.05, 0.1) is 0 Å². The Morgan fingerprint density at radius 1 is 1.38 bits per heavy atom. The third kappa shape index (κ3) is 3.09. The Morgan fingerprint density at radius 2 is 2.28 bits per heavy atom. The number of alkyl halides is 2. The maximum atomic E-state index is 14.2. The first kappa shape index (κ1) is 18.2. The first-order valence-corrected chi connectivity index (χ1v) is 11.7. The summed E-state index contributed by atoms with van der Waals surface area (Å²) < 4.78 is 26.1. The van der Waals surface area contributed by atoms with Gasteiger partial charge < -0.3 is 0 Å². The molecule has 0 radical (unpaired) electrons. The number of aromatic amines is 1. The van der Waals surface area contributed by atoms with Crippen molar-refractivity contribution in [1.29, 1.82) is 0 Å². The van der Waals surface area contributed by atoms with Crippen LogP contribution in [-0.2, 0) is 6.42 Å². The molecule has 7 nitrogen and oxygen atoms in total. The van der Waals surface area contributed by atoms with Gasteiger partial charge in [0.1, 0.15) is 0 Å². The number of fused-ring (bicyclic) bond motifs is 4. The number of rotatable bonds is 3. The van der Waals surface area contributed by atoms with Crippen LogP contribution in [0, 0.1) is 5.82 Å². The van der Waals surface area contributed by atoms with Crippen molar-refractivity contribution in [3.63, 3.8) is 0 Å². The Morgan fingerprint density at radius 3 is 3.14 bits per heavy atom. The van der Waals surface area contributed by atoms with Crippen LogP contribution in [0.1, 0.15) is 16.1 Å². The Bertz CT molecular complexity index is 1120. The van der Waals surface area contributed by atoms with Gasteiger partial charge >= 0.3 is 176 Å². The summed E-state index contributed by atoms with van der Waals surface area (Å²) in [5.41, 5.74) is 3.91. The molecule has 1 amide bonds. The van der Waals surface area contributed by atoms with Crippen molar-refractivity contribution in [2.45, 2.75) is 10.5 Å². The molecule has 3 N–H and O–H groups in total. The molecule has 9 heteroatoms. The monoisotopic (exact) mass is 507 g/mol. The van der Waals surface area contributed by atoms with Crippen LogP contribution in [0.4, 0.5) is 15.8 Å². The molecule has 0 spiro atoms. The summed E-state index contributed by atoms with van der Waals surface area (Å²) >= 11 is -0.397. The van der Waals surface area contributed by atoms with Gasteiger partial charge in [0.15, 0.2) is 0 Å². The molecule has 3 bridgehead atoms. The maximum absolute atomic E-state index is 14.2. The number of halogens is 2. The summed E-state index contributed by atoms with van der Waals surface area (Å²) in [4.78, 5) is 20.5. The van der Waals surface area contributed by atoms with Crippen molar-refractivity contribution in [2.24, 2.45) is 0 Å². The van der Waals surface area contributed by atoms with Crippen LogP contribution in [0.3, 0.4) is 0 Å². The molecule has 0 aliphatic carbocycles. The predicted octanol–water partition coefficient (Wildman–Crippen LogP) is 0.0189. The van der Waals surface area contributed by atoms with Gasteiger partial charge in [-0.25, -0.2) is 0 Å². The summed E-state index contributed by atoms with van der Waals surface area (Å²) in [6.07, 6.45) is 4.07. The zero-order valence-corrected chi connectivity index (χ0v) is 17.5. The van der Waals surface area contributed by atoms with E-state index in [0.717, 1.165) is 11.3 Å². The number of nitrogens with zero attached hydrogens (tertiary/aromatic N) is 1. The molecule has 3 aromatic rings. The molecule has 150 valence electrons. The number of amides is 1. The molecule has 0 saturated heterocycles. The quantitative estimate of drug-likeness (QED) is 0.265. The number of hydrogen-bond donors (Lipinski definition) is 3. The van der Waals surface area contributed by atoms with E-state index in [1.54, 1.807) is 24.5 Å². The minimum atomic E-state index is -0.483. The van der Waals surface area contributed by atoms with E-state index < -0.39 is 27.0 Å². The molecule has 29 heavy (non-hydrogen) atoms. The summed E-state index contributed by atoms with van der Waals surface area (Å²) in [5.74, 6) is 0.108. The number of hydrogen-bond acceptors (Lipinski definition) is 5. The second-order valence-electron chi connectivity index (χ2n) is 6.60. The Balaban J connectivity index is 1.73. The van der Waals surface area contributed by atoms with Crippen LogP contribution in [0.2, 0.25) is 0 Å². The SMILES string of the molecule is COc1c(F)cccc1Nc1c2[nH]c3c1C(=O)N[C@@H](C3)[I-]COc1cnccc1-2. The summed E-state index contributed by atoms with van der Waals surface area (Å²) in [6.45, 7) is 0. The normalized spacial score (nSPS) is 17.4. The van der Waals surface area contributed by atoms with Crippen molar-refractivity contribution in [1.82, 2.24) is 15.3 Å². The third-order valence-electron chi connectivity index (χ3n) is 4.92. The van der Waals surface area contributed by atoms with Gasteiger partial charge in [-0.15, -0.1) is 0 Å². The van der Waals surface area contributed by atoms with Gasteiger partial charge in [-0.3, -0.25) is 0 Å². The fraction of sp³-hybridized carbons (Fsp3) is 0.200. The number of benzene rings is 1. The van der Waals surface area contributed by atoms with E-state index >= 15 is 0 Å². The van der Waals surface area contributed by atoms with Crippen LogP contribution >= 0.6 is 0 Å². The molecule has 2 aromatic heterocycles.